The lowest BCUT2D eigenvalue weighted by atomic mass is 10.1. The summed E-state index contributed by atoms with van der Waals surface area (Å²) < 4.78 is 1.33. The van der Waals surface area contributed by atoms with Crippen LogP contribution in [-0.4, -0.2) is 0 Å². The second-order valence-corrected chi connectivity index (χ2v) is 4.41. The minimum absolute atomic E-state index is 1.17. The van der Waals surface area contributed by atoms with Crippen molar-refractivity contribution in [3.8, 4) is 0 Å². The van der Waals surface area contributed by atoms with Crippen molar-refractivity contribution in [1.29, 1.82) is 0 Å². The van der Waals surface area contributed by atoms with E-state index in [9.17, 15) is 0 Å². The Morgan fingerprint density at radius 3 is 3.20 bits per heavy atom. The van der Waals surface area contributed by atoms with Gasteiger partial charge in [-0.1, -0.05) is 15.9 Å². The van der Waals surface area contributed by atoms with Gasteiger partial charge < -0.3 is 0 Å². The first kappa shape index (κ1) is 6.62. The Morgan fingerprint density at radius 1 is 1.40 bits per heavy atom. The standard InChI is InChI=1S/C8H7BrS/c9-7-1-2-8-6(5-7)3-4-10-8/h3-5H,1-2H2. The second kappa shape index (κ2) is 2.51. The molecule has 1 heterocycles. The van der Waals surface area contributed by atoms with Crippen LogP contribution in [0.15, 0.2) is 15.9 Å². The molecule has 1 aromatic heterocycles. The lowest BCUT2D eigenvalue weighted by Gasteiger charge is -2.06. The van der Waals surface area contributed by atoms with Gasteiger partial charge in [0.05, 0.1) is 0 Å². The van der Waals surface area contributed by atoms with Crippen molar-refractivity contribution in [2.45, 2.75) is 12.8 Å². The summed E-state index contributed by atoms with van der Waals surface area (Å²) in [6.45, 7) is 0. The molecule has 52 valence electrons. The third-order valence-corrected chi connectivity index (χ3v) is 3.30. The van der Waals surface area contributed by atoms with Crippen LogP contribution in [0.1, 0.15) is 16.9 Å². The van der Waals surface area contributed by atoms with Gasteiger partial charge in [0.15, 0.2) is 0 Å². The number of allylic oxidation sites excluding steroid dienone is 1. The van der Waals surface area contributed by atoms with Crippen LogP contribution in [0.5, 0.6) is 0 Å². The van der Waals surface area contributed by atoms with Gasteiger partial charge in [-0.3, -0.25) is 0 Å². The van der Waals surface area contributed by atoms with E-state index in [0.717, 1.165) is 0 Å². The first-order chi connectivity index (χ1) is 4.86. The molecule has 0 saturated heterocycles. The van der Waals surface area contributed by atoms with Gasteiger partial charge >= 0.3 is 0 Å². The van der Waals surface area contributed by atoms with Crippen molar-refractivity contribution in [2.75, 3.05) is 0 Å². The van der Waals surface area contributed by atoms with Crippen LogP contribution in [0.25, 0.3) is 6.08 Å². The van der Waals surface area contributed by atoms with E-state index in [-0.39, 0.29) is 0 Å². The zero-order chi connectivity index (χ0) is 6.97. The van der Waals surface area contributed by atoms with E-state index < -0.39 is 0 Å². The second-order valence-electron chi connectivity index (χ2n) is 2.39. The molecule has 0 aliphatic heterocycles. The van der Waals surface area contributed by atoms with E-state index in [1.165, 1.54) is 27.8 Å². The topological polar surface area (TPSA) is 0 Å². The summed E-state index contributed by atoms with van der Waals surface area (Å²) in [5.41, 5.74) is 1.41. The van der Waals surface area contributed by atoms with Gasteiger partial charge in [-0.05, 0) is 40.4 Å². The van der Waals surface area contributed by atoms with Gasteiger partial charge in [0.1, 0.15) is 0 Å². The van der Waals surface area contributed by atoms with Gasteiger partial charge in [-0.15, -0.1) is 11.3 Å². The van der Waals surface area contributed by atoms with Gasteiger partial charge in [0.25, 0.3) is 0 Å². The van der Waals surface area contributed by atoms with Crippen LogP contribution in [-0.2, 0) is 6.42 Å². The van der Waals surface area contributed by atoms with E-state index >= 15 is 0 Å². The molecule has 0 saturated carbocycles. The molecule has 0 bridgehead atoms. The molecular weight excluding hydrogens is 208 g/mol. The van der Waals surface area contributed by atoms with E-state index in [1.807, 2.05) is 11.3 Å². The first-order valence-electron chi connectivity index (χ1n) is 3.29. The Bertz CT molecular complexity index is 273. The van der Waals surface area contributed by atoms with Crippen LogP contribution in [0.4, 0.5) is 0 Å². The summed E-state index contributed by atoms with van der Waals surface area (Å²) in [6, 6.07) is 2.18. The summed E-state index contributed by atoms with van der Waals surface area (Å²) >= 11 is 5.37. The lowest BCUT2D eigenvalue weighted by Crippen LogP contribution is -1.89. The van der Waals surface area contributed by atoms with Crippen molar-refractivity contribution in [3.05, 3.63) is 26.4 Å². The fraction of sp³-hybridized carbons (Fsp3) is 0.250. The van der Waals surface area contributed by atoms with Crippen molar-refractivity contribution >= 4 is 33.3 Å². The van der Waals surface area contributed by atoms with E-state index in [2.05, 4.69) is 33.5 Å². The van der Waals surface area contributed by atoms with Crippen molar-refractivity contribution < 1.29 is 0 Å². The molecule has 0 nitrogen and oxygen atoms in total. The highest BCUT2D eigenvalue weighted by molar-refractivity contribution is 9.11. The fourth-order valence-electron chi connectivity index (χ4n) is 1.16. The van der Waals surface area contributed by atoms with Gasteiger partial charge in [0, 0.05) is 4.88 Å². The number of halogens is 1. The lowest BCUT2D eigenvalue weighted by molar-refractivity contribution is 1.00. The van der Waals surface area contributed by atoms with Crippen LogP contribution in [0.2, 0.25) is 0 Å². The fourth-order valence-corrected chi connectivity index (χ4v) is 2.46. The zero-order valence-electron chi connectivity index (χ0n) is 5.43. The molecule has 0 atom stereocenters. The number of hydrogen-bond acceptors (Lipinski definition) is 1. The number of hydrogen-bond donors (Lipinski definition) is 0. The molecule has 0 amide bonds. The number of aryl methyl sites for hydroxylation is 1. The average molecular weight is 215 g/mol. The van der Waals surface area contributed by atoms with Crippen molar-refractivity contribution in [3.63, 3.8) is 0 Å². The molecular formula is C8H7BrS. The first-order valence-corrected chi connectivity index (χ1v) is 4.96. The maximum atomic E-state index is 3.51. The third kappa shape index (κ3) is 1.06. The van der Waals surface area contributed by atoms with Gasteiger partial charge in [-0.2, -0.15) is 0 Å². The third-order valence-electron chi connectivity index (χ3n) is 1.68. The molecule has 0 fully saturated rings. The van der Waals surface area contributed by atoms with Crippen LogP contribution < -0.4 is 0 Å². The Balaban J connectivity index is 2.50. The molecule has 0 aromatic carbocycles. The molecule has 2 heteroatoms. The highest BCUT2D eigenvalue weighted by Gasteiger charge is 2.08. The Kier molecular flexibility index (Phi) is 1.66. The maximum absolute atomic E-state index is 3.51. The zero-order valence-corrected chi connectivity index (χ0v) is 7.83. The maximum Gasteiger partial charge on any atom is 0.0121 e. The average Bonchev–Trinajstić information content (AvgIpc) is 2.33. The summed E-state index contributed by atoms with van der Waals surface area (Å²) in [5, 5.41) is 2.16. The van der Waals surface area contributed by atoms with Gasteiger partial charge in [-0.25, -0.2) is 0 Å². The predicted octanol–water partition coefficient (Wildman–Crippen LogP) is 3.43. The minimum Gasteiger partial charge on any atom is -0.148 e. The number of thiophene rings is 1. The molecule has 1 aliphatic rings. The normalized spacial score (nSPS) is 16.3. The highest BCUT2D eigenvalue weighted by Crippen LogP contribution is 2.30. The summed E-state index contributed by atoms with van der Waals surface area (Å²) in [4.78, 5) is 1.53. The largest absolute Gasteiger partial charge is 0.148 e. The predicted molar refractivity (Wildman–Crippen MR) is 49.5 cm³/mol. The van der Waals surface area contributed by atoms with E-state index in [1.54, 1.807) is 0 Å². The smallest absolute Gasteiger partial charge is 0.0121 e. The Morgan fingerprint density at radius 2 is 2.30 bits per heavy atom. The Labute approximate surface area is 72.7 Å². The van der Waals surface area contributed by atoms with Crippen molar-refractivity contribution in [2.24, 2.45) is 0 Å². The SMILES string of the molecule is BrC1=Cc2ccsc2CC1. The highest BCUT2D eigenvalue weighted by atomic mass is 79.9. The number of fused-ring (bicyclic) bond motifs is 1. The molecule has 0 unspecified atom stereocenters. The van der Waals surface area contributed by atoms with E-state index in [4.69, 9.17) is 0 Å². The molecule has 0 N–H and O–H groups in total. The quantitative estimate of drug-likeness (QED) is 0.621. The molecule has 0 radical (unpaired) electrons. The summed E-state index contributed by atoms with van der Waals surface area (Å²) in [5.74, 6) is 0. The van der Waals surface area contributed by atoms with Crippen LogP contribution >= 0.6 is 27.3 Å². The molecule has 10 heavy (non-hydrogen) atoms. The molecule has 2 rings (SSSR count). The van der Waals surface area contributed by atoms with E-state index in [0.29, 0.717) is 0 Å². The van der Waals surface area contributed by atoms with Crippen LogP contribution in [0, 0.1) is 0 Å². The monoisotopic (exact) mass is 214 g/mol. The van der Waals surface area contributed by atoms with Gasteiger partial charge in [0.2, 0.25) is 0 Å². The molecule has 1 aromatic rings. The van der Waals surface area contributed by atoms with Crippen molar-refractivity contribution in [1.82, 2.24) is 0 Å². The van der Waals surface area contributed by atoms with Crippen LogP contribution in [0.3, 0.4) is 0 Å². The summed E-state index contributed by atoms with van der Waals surface area (Å²) in [6.07, 6.45) is 4.60. The number of rotatable bonds is 0. The Hall–Kier alpha value is -0.0800. The summed E-state index contributed by atoms with van der Waals surface area (Å²) in [7, 11) is 0. The molecule has 0 spiro atoms. The minimum atomic E-state index is 1.17. The molecule has 1 aliphatic carbocycles.